The molecule has 6 N–H and O–H groups in total. The number of carbonyl (C=O) groups excluding carboxylic acids is 3. The Morgan fingerprint density at radius 3 is 2.30 bits per heavy atom. The molecule has 3 amide bonds. The van der Waals surface area contributed by atoms with Crippen molar-refractivity contribution in [2.75, 3.05) is 19.6 Å². The van der Waals surface area contributed by atoms with Crippen LogP contribution in [0.15, 0.2) is 11.4 Å². The number of primary amides is 2. The van der Waals surface area contributed by atoms with Gasteiger partial charge in [0.25, 0.3) is 5.91 Å². The summed E-state index contributed by atoms with van der Waals surface area (Å²) < 4.78 is 0. The van der Waals surface area contributed by atoms with Gasteiger partial charge < -0.3 is 22.1 Å². The molecule has 0 aliphatic carbocycles. The summed E-state index contributed by atoms with van der Waals surface area (Å²) in [6, 6.07) is 1.56. The van der Waals surface area contributed by atoms with Crippen LogP contribution in [-0.2, 0) is 9.59 Å². The first-order chi connectivity index (χ1) is 9.43. The van der Waals surface area contributed by atoms with Gasteiger partial charge >= 0.3 is 0 Å². The highest BCUT2D eigenvalue weighted by Crippen LogP contribution is 2.15. The van der Waals surface area contributed by atoms with Gasteiger partial charge in [-0.2, -0.15) is 0 Å². The quantitative estimate of drug-likeness (QED) is 0.568. The van der Waals surface area contributed by atoms with E-state index in [0.29, 0.717) is 10.4 Å². The predicted octanol–water partition coefficient (Wildman–Crippen LogP) is -1.53. The van der Waals surface area contributed by atoms with Crippen LogP contribution in [0, 0.1) is 11.8 Å². The molecule has 0 unspecified atom stereocenters. The Bertz CT molecular complexity index is 569. The van der Waals surface area contributed by atoms with E-state index in [1.54, 1.807) is 11.4 Å². The minimum atomic E-state index is -0.724. The molecule has 1 aromatic rings. The lowest BCUT2D eigenvalue weighted by Crippen LogP contribution is -2.43. The SMILES string of the molecule is NCC#Cc1cc(C(=O)N(CC(N)=O)CC(N)=O)cs1. The van der Waals surface area contributed by atoms with E-state index in [1.807, 2.05) is 0 Å². The van der Waals surface area contributed by atoms with E-state index in [0.717, 1.165) is 4.90 Å². The van der Waals surface area contributed by atoms with E-state index in [2.05, 4.69) is 11.8 Å². The zero-order valence-electron chi connectivity index (χ0n) is 10.6. The molecule has 0 aromatic carbocycles. The van der Waals surface area contributed by atoms with Gasteiger partial charge in [-0.15, -0.1) is 11.3 Å². The second-order valence-electron chi connectivity index (χ2n) is 3.80. The summed E-state index contributed by atoms with van der Waals surface area (Å²) in [7, 11) is 0. The van der Waals surface area contributed by atoms with Crippen LogP contribution in [0.5, 0.6) is 0 Å². The van der Waals surface area contributed by atoms with E-state index in [9.17, 15) is 14.4 Å². The number of thiophene rings is 1. The molecular formula is C12H14N4O3S. The fraction of sp³-hybridized carbons (Fsp3) is 0.250. The highest BCUT2D eigenvalue weighted by Gasteiger charge is 2.20. The third-order valence-corrected chi connectivity index (χ3v) is 2.99. The number of rotatable bonds is 5. The van der Waals surface area contributed by atoms with Crippen molar-refractivity contribution in [1.82, 2.24) is 4.90 Å². The van der Waals surface area contributed by atoms with Crippen LogP contribution in [0.3, 0.4) is 0 Å². The summed E-state index contributed by atoms with van der Waals surface area (Å²) >= 11 is 1.26. The van der Waals surface area contributed by atoms with Crippen molar-refractivity contribution in [1.29, 1.82) is 0 Å². The lowest BCUT2D eigenvalue weighted by Gasteiger charge is -2.18. The zero-order chi connectivity index (χ0) is 15.1. The molecule has 1 heterocycles. The number of nitrogens with zero attached hydrogens (tertiary/aromatic N) is 1. The highest BCUT2D eigenvalue weighted by molar-refractivity contribution is 7.10. The normalized spacial score (nSPS) is 9.45. The van der Waals surface area contributed by atoms with E-state index in [-0.39, 0.29) is 19.6 Å². The molecule has 0 spiro atoms. The number of nitrogens with two attached hydrogens (primary N) is 3. The van der Waals surface area contributed by atoms with Gasteiger partial charge in [-0.25, -0.2) is 0 Å². The Morgan fingerprint density at radius 1 is 1.20 bits per heavy atom. The fourth-order valence-electron chi connectivity index (χ4n) is 1.41. The van der Waals surface area contributed by atoms with Crippen LogP contribution in [0.2, 0.25) is 0 Å². The van der Waals surface area contributed by atoms with E-state index in [4.69, 9.17) is 17.2 Å². The first-order valence-electron chi connectivity index (χ1n) is 5.57. The molecule has 0 atom stereocenters. The van der Waals surface area contributed by atoms with Crippen molar-refractivity contribution < 1.29 is 14.4 Å². The summed E-state index contributed by atoms with van der Waals surface area (Å²) in [6.45, 7) is -0.528. The van der Waals surface area contributed by atoms with Crippen LogP contribution in [0.4, 0.5) is 0 Å². The highest BCUT2D eigenvalue weighted by atomic mass is 32.1. The second-order valence-corrected chi connectivity index (χ2v) is 4.71. The van der Waals surface area contributed by atoms with Crippen LogP contribution in [0.25, 0.3) is 0 Å². The molecule has 0 saturated heterocycles. The molecule has 106 valence electrons. The molecule has 1 rings (SSSR count). The predicted molar refractivity (Wildman–Crippen MR) is 74.5 cm³/mol. The maximum absolute atomic E-state index is 12.1. The molecule has 0 radical (unpaired) electrons. The molecular weight excluding hydrogens is 280 g/mol. The lowest BCUT2D eigenvalue weighted by atomic mass is 10.2. The fourth-order valence-corrected chi connectivity index (χ4v) is 2.16. The van der Waals surface area contributed by atoms with Crippen molar-refractivity contribution >= 4 is 29.1 Å². The van der Waals surface area contributed by atoms with Gasteiger partial charge in [-0.05, 0) is 6.07 Å². The number of hydrogen-bond acceptors (Lipinski definition) is 5. The van der Waals surface area contributed by atoms with Crippen molar-refractivity contribution in [2.24, 2.45) is 17.2 Å². The average Bonchev–Trinajstić information content (AvgIpc) is 2.82. The summed E-state index contributed by atoms with van der Waals surface area (Å²) in [5.41, 5.74) is 15.6. The molecule has 0 fully saturated rings. The Morgan fingerprint density at radius 2 is 1.80 bits per heavy atom. The zero-order valence-corrected chi connectivity index (χ0v) is 11.4. The van der Waals surface area contributed by atoms with Gasteiger partial charge in [0.1, 0.15) is 13.1 Å². The van der Waals surface area contributed by atoms with Crippen LogP contribution in [-0.4, -0.2) is 42.3 Å². The van der Waals surface area contributed by atoms with Crippen molar-refractivity contribution in [3.05, 3.63) is 21.9 Å². The monoisotopic (exact) mass is 294 g/mol. The third kappa shape index (κ3) is 4.72. The summed E-state index contributed by atoms with van der Waals surface area (Å²) in [4.78, 5) is 35.6. The van der Waals surface area contributed by atoms with Crippen LogP contribution in [0.1, 0.15) is 15.2 Å². The largest absolute Gasteiger partial charge is 0.368 e. The molecule has 0 aliphatic heterocycles. The molecule has 0 aliphatic rings. The Kier molecular flexibility index (Phi) is 5.71. The number of amides is 3. The third-order valence-electron chi connectivity index (χ3n) is 2.14. The number of hydrogen-bond donors (Lipinski definition) is 3. The van der Waals surface area contributed by atoms with Gasteiger partial charge in [0.2, 0.25) is 11.8 Å². The van der Waals surface area contributed by atoms with Gasteiger partial charge in [0.15, 0.2) is 0 Å². The first kappa shape index (κ1) is 15.7. The van der Waals surface area contributed by atoms with E-state index >= 15 is 0 Å². The molecule has 1 aromatic heterocycles. The van der Waals surface area contributed by atoms with Crippen molar-refractivity contribution in [3.8, 4) is 11.8 Å². The molecule has 0 saturated carbocycles. The van der Waals surface area contributed by atoms with Gasteiger partial charge in [-0.3, -0.25) is 14.4 Å². The Labute approximate surface area is 119 Å². The van der Waals surface area contributed by atoms with Gasteiger partial charge in [0, 0.05) is 5.38 Å². The van der Waals surface area contributed by atoms with E-state index in [1.165, 1.54) is 11.3 Å². The Balaban J connectivity index is 2.90. The maximum atomic E-state index is 12.1. The summed E-state index contributed by atoms with van der Waals surface area (Å²) in [5.74, 6) is 3.51. The minimum absolute atomic E-state index is 0.219. The van der Waals surface area contributed by atoms with Crippen molar-refractivity contribution in [2.45, 2.75) is 0 Å². The van der Waals surface area contributed by atoms with Crippen LogP contribution >= 0.6 is 11.3 Å². The van der Waals surface area contributed by atoms with Crippen LogP contribution < -0.4 is 17.2 Å². The molecule has 8 heteroatoms. The lowest BCUT2D eigenvalue weighted by molar-refractivity contribution is -0.121. The summed E-state index contributed by atoms with van der Waals surface area (Å²) in [5, 5.41) is 1.58. The minimum Gasteiger partial charge on any atom is -0.368 e. The number of carbonyl (C=O) groups is 3. The van der Waals surface area contributed by atoms with Gasteiger partial charge in [0.05, 0.1) is 17.0 Å². The first-order valence-corrected chi connectivity index (χ1v) is 6.45. The smallest absolute Gasteiger partial charge is 0.255 e. The summed E-state index contributed by atoms with van der Waals surface area (Å²) in [6.07, 6.45) is 0. The standard InChI is InChI=1S/C12H14N4O3S/c13-3-1-2-9-4-8(7-20-9)12(19)16(5-10(14)17)6-11(15)18/h4,7H,3,5-6,13H2,(H2,14,17)(H2,15,18). The Hall–Kier alpha value is -2.37. The van der Waals surface area contributed by atoms with E-state index < -0.39 is 17.7 Å². The molecule has 20 heavy (non-hydrogen) atoms. The van der Waals surface area contributed by atoms with Gasteiger partial charge in [-0.1, -0.05) is 11.8 Å². The maximum Gasteiger partial charge on any atom is 0.255 e. The second kappa shape index (κ2) is 7.28. The topological polar surface area (TPSA) is 133 Å². The van der Waals surface area contributed by atoms with Crippen molar-refractivity contribution in [3.63, 3.8) is 0 Å². The molecule has 0 bridgehead atoms. The molecule has 7 nitrogen and oxygen atoms in total. The average molecular weight is 294 g/mol.